The normalized spacial score (nSPS) is 35.2. The van der Waals surface area contributed by atoms with Crippen molar-refractivity contribution in [2.45, 2.75) is 37.9 Å². The molecule has 0 saturated carbocycles. The summed E-state index contributed by atoms with van der Waals surface area (Å²) in [5.41, 5.74) is 0.876. The SMILES string of the molecule is [2H][C@H]1O[C@@H]2COC(c3ccc(OC)cc3)O[C@H]2C[C@@H]1OC(C)=O. The highest BCUT2D eigenvalue weighted by atomic mass is 16.7. The summed E-state index contributed by atoms with van der Waals surface area (Å²) in [6, 6.07) is 7.44. The van der Waals surface area contributed by atoms with Crippen molar-refractivity contribution >= 4 is 5.97 Å². The molecule has 3 rings (SSSR count). The van der Waals surface area contributed by atoms with Gasteiger partial charge < -0.3 is 23.7 Å². The Bertz CT molecular complexity index is 548. The first-order valence-corrected chi connectivity index (χ1v) is 7.22. The van der Waals surface area contributed by atoms with Crippen LogP contribution in [0.3, 0.4) is 0 Å². The predicted octanol–water partition coefficient (Wildman–Crippen LogP) is 1.83. The lowest BCUT2D eigenvalue weighted by Crippen LogP contribution is -2.49. The van der Waals surface area contributed by atoms with Crippen LogP contribution in [-0.2, 0) is 23.7 Å². The molecule has 6 nitrogen and oxygen atoms in total. The quantitative estimate of drug-likeness (QED) is 0.794. The van der Waals surface area contributed by atoms with Crippen LogP contribution in [0.4, 0.5) is 0 Å². The van der Waals surface area contributed by atoms with E-state index in [-0.39, 0.29) is 12.2 Å². The number of hydrogen-bond acceptors (Lipinski definition) is 6. The fraction of sp³-hybridized carbons (Fsp3) is 0.562. The van der Waals surface area contributed by atoms with Crippen molar-refractivity contribution in [2.75, 3.05) is 20.3 Å². The van der Waals surface area contributed by atoms with Crippen molar-refractivity contribution in [3.8, 4) is 5.75 Å². The van der Waals surface area contributed by atoms with E-state index in [9.17, 15) is 4.79 Å². The molecular formula is C16H20O6. The van der Waals surface area contributed by atoms with Gasteiger partial charge in [0.25, 0.3) is 0 Å². The van der Waals surface area contributed by atoms with Crippen LogP contribution in [0, 0.1) is 0 Å². The monoisotopic (exact) mass is 309 g/mol. The largest absolute Gasteiger partial charge is 0.497 e. The maximum atomic E-state index is 11.1. The Morgan fingerprint density at radius 1 is 1.27 bits per heavy atom. The molecule has 1 aromatic carbocycles. The Kier molecular flexibility index (Phi) is 4.23. The van der Waals surface area contributed by atoms with Gasteiger partial charge in [-0.05, 0) is 12.1 Å². The molecule has 1 unspecified atom stereocenters. The minimum Gasteiger partial charge on any atom is -0.497 e. The van der Waals surface area contributed by atoms with Crippen molar-refractivity contribution in [3.05, 3.63) is 29.8 Å². The highest BCUT2D eigenvalue weighted by Gasteiger charge is 2.39. The zero-order valence-electron chi connectivity index (χ0n) is 13.6. The molecule has 0 aliphatic carbocycles. The van der Waals surface area contributed by atoms with Crippen LogP contribution in [0.1, 0.15) is 26.6 Å². The number of fused-ring (bicyclic) bond motifs is 1. The van der Waals surface area contributed by atoms with Crippen molar-refractivity contribution in [2.24, 2.45) is 0 Å². The molecule has 22 heavy (non-hydrogen) atoms. The number of benzene rings is 1. The second kappa shape index (κ2) is 6.64. The molecular weight excluding hydrogens is 288 g/mol. The second-order valence-corrected chi connectivity index (χ2v) is 5.31. The number of rotatable bonds is 3. The Labute approximate surface area is 130 Å². The van der Waals surface area contributed by atoms with Gasteiger partial charge in [-0.15, -0.1) is 0 Å². The van der Waals surface area contributed by atoms with E-state index in [4.69, 9.17) is 25.1 Å². The molecule has 0 amide bonds. The van der Waals surface area contributed by atoms with Gasteiger partial charge in [0.2, 0.25) is 0 Å². The van der Waals surface area contributed by atoms with Gasteiger partial charge in [0.05, 0.1) is 27.8 Å². The van der Waals surface area contributed by atoms with Gasteiger partial charge in [0, 0.05) is 18.9 Å². The highest BCUT2D eigenvalue weighted by molar-refractivity contribution is 5.66. The number of esters is 1. The van der Waals surface area contributed by atoms with Crippen LogP contribution in [-0.4, -0.2) is 44.6 Å². The summed E-state index contributed by atoms with van der Waals surface area (Å²) in [5, 5.41) is 0. The van der Waals surface area contributed by atoms with Crippen LogP contribution in [0.5, 0.6) is 5.75 Å². The number of carbonyl (C=O) groups is 1. The van der Waals surface area contributed by atoms with Crippen molar-refractivity contribution in [1.82, 2.24) is 0 Å². The molecule has 2 aliphatic heterocycles. The maximum Gasteiger partial charge on any atom is 0.302 e. The first-order valence-electron chi connectivity index (χ1n) is 7.80. The molecule has 120 valence electrons. The third-order valence-corrected chi connectivity index (χ3v) is 3.70. The second-order valence-electron chi connectivity index (χ2n) is 5.31. The number of hydrogen-bond donors (Lipinski definition) is 0. The van der Waals surface area contributed by atoms with Gasteiger partial charge >= 0.3 is 5.97 Å². The lowest BCUT2D eigenvalue weighted by molar-refractivity contribution is -0.289. The van der Waals surface area contributed by atoms with Gasteiger partial charge in [-0.3, -0.25) is 4.79 Å². The lowest BCUT2D eigenvalue weighted by Gasteiger charge is -2.41. The molecule has 2 saturated heterocycles. The van der Waals surface area contributed by atoms with Crippen molar-refractivity contribution in [1.29, 1.82) is 0 Å². The van der Waals surface area contributed by atoms with E-state index in [1.807, 2.05) is 24.3 Å². The molecule has 5 atom stereocenters. The fourth-order valence-corrected chi connectivity index (χ4v) is 2.61. The molecule has 0 spiro atoms. The molecule has 2 aliphatic rings. The standard InChI is InChI=1S/C16H20O6/c1-10(17)21-13-7-14-15(19-8-13)9-20-16(22-14)11-3-5-12(18-2)6-4-11/h3-6,13-16H,7-9H2,1-2H3/t13-,14-,15+,16?/m0/s1/i8D/t8-,13+,14+,15-,16?/m1. The lowest BCUT2D eigenvalue weighted by atomic mass is 10.0. The summed E-state index contributed by atoms with van der Waals surface area (Å²) < 4.78 is 35.3. The summed E-state index contributed by atoms with van der Waals surface area (Å²) in [6.07, 6.45) is -1.30. The Balaban J connectivity index is 1.66. The van der Waals surface area contributed by atoms with Crippen LogP contribution < -0.4 is 4.74 Å². The summed E-state index contributed by atoms with van der Waals surface area (Å²) >= 11 is 0. The summed E-state index contributed by atoms with van der Waals surface area (Å²) in [4.78, 5) is 11.1. The molecule has 2 heterocycles. The molecule has 1 aromatic rings. The van der Waals surface area contributed by atoms with E-state index in [1.54, 1.807) is 7.11 Å². The Morgan fingerprint density at radius 2 is 2.05 bits per heavy atom. The third-order valence-electron chi connectivity index (χ3n) is 3.70. The molecule has 0 radical (unpaired) electrons. The Morgan fingerprint density at radius 3 is 2.73 bits per heavy atom. The van der Waals surface area contributed by atoms with E-state index in [2.05, 4.69) is 0 Å². The van der Waals surface area contributed by atoms with E-state index < -0.39 is 24.9 Å². The molecule has 0 N–H and O–H groups in total. The van der Waals surface area contributed by atoms with Crippen LogP contribution in [0.2, 0.25) is 0 Å². The topological polar surface area (TPSA) is 63.2 Å². The third kappa shape index (κ3) is 3.40. The van der Waals surface area contributed by atoms with E-state index in [0.29, 0.717) is 13.0 Å². The van der Waals surface area contributed by atoms with E-state index in [0.717, 1.165) is 11.3 Å². The zero-order valence-corrected chi connectivity index (χ0v) is 12.6. The Hall–Kier alpha value is -1.63. The number of carbonyl (C=O) groups excluding carboxylic acids is 1. The van der Waals surface area contributed by atoms with Gasteiger partial charge in [0.1, 0.15) is 18.0 Å². The zero-order chi connectivity index (χ0) is 16.4. The average molecular weight is 309 g/mol. The van der Waals surface area contributed by atoms with Gasteiger partial charge in [-0.25, -0.2) is 0 Å². The maximum absolute atomic E-state index is 11.1. The summed E-state index contributed by atoms with van der Waals surface area (Å²) in [6.45, 7) is 0.748. The smallest absolute Gasteiger partial charge is 0.302 e. The van der Waals surface area contributed by atoms with Crippen molar-refractivity contribution < 1.29 is 29.8 Å². The van der Waals surface area contributed by atoms with Gasteiger partial charge in [-0.1, -0.05) is 12.1 Å². The number of ether oxygens (including phenoxy) is 5. The summed E-state index contributed by atoms with van der Waals surface area (Å²) in [7, 11) is 1.61. The van der Waals surface area contributed by atoms with Crippen LogP contribution in [0.25, 0.3) is 0 Å². The fourth-order valence-electron chi connectivity index (χ4n) is 2.61. The molecule has 2 fully saturated rings. The number of methoxy groups -OCH3 is 1. The van der Waals surface area contributed by atoms with Crippen LogP contribution in [0.15, 0.2) is 24.3 Å². The average Bonchev–Trinajstić information content (AvgIpc) is 2.55. The molecule has 0 aromatic heterocycles. The van der Waals surface area contributed by atoms with E-state index in [1.165, 1.54) is 6.92 Å². The predicted molar refractivity (Wildman–Crippen MR) is 76.5 cm³/mol. The summed E-state index contributed by atoms with van der Waals surface area (Å²) in [5.74, 6) is 0.337. The first-order chi connectivity index (χ1) is 11.1. The first kappa shape index (κ1) is 14.0. The van der Waals surface area contributed by atoms with Crippen molar-refractivity contribution in [3.63, 3.8) is 0 Å². The minimum atomic E-state index is -0.912. The van der Waals surface area contributed by atoms with E-state index >= 15 is 0 Å². The van der Waals surface area contributed by atoms with Crippen LogP contribution >= 0.6 is 0 Å². The molecule has 0 bridgehead atoms. The molecule has 6 heteroatoms. The minimum absolute atomic E-state index is 0.276. The van der Waals surface area contributed by atoms with Gasteiger partial charge in [-0.2, -0.15) is 0 Å². The highest BCUT2D eigenvalue weighted by Crippen LogP contribution is 2.33. The van der Waals surface area contributed by atoms with Gasteiger partial charge in [0.15, 0.2) is 6.29 Å².